The van der Waals surface area contributed by atoms with Crippen LogP contribution in [0.15, 0.2) is 152 Å². The van der Waals surface area contributed by atoms with Crippen LogP contribution in [0.1, 0.15) is 53.9 Å². The Morgan fingerprint density at radius 1 is 0.563 bits per heavy atom. The molecule has 2 aliphatic rings. The zero-order chi connectivity index (χ0) is 50.5. The van der Waals surface area contributed by atoms with Gasteiger partial charge in [0.1, 0.15) is 31.0 Å². The molecular weight excluding hydrogens is 951 g/mol. The highest BCUT2D eigenvalue weighted by Gasteiger charge is 2.59. The molecule has 372 valence electrons. The van der Waals surface area contributed by atoms with Gasteiger partial charge in [-0.25, -0.2) is 28.2 Å². The van der Waals surface area contributed by atoms with Crippen molar-refractivity contribution < 1.29 is 88.6 Å². The van der Waals surface area contributed by atoms with Gasteiger partial charge in [0.05, 0.1) is 36.0 Å². The number of benzene rings is 5. The van der Waals surface area contributed by atoms with Gasteiger partial charge in [0.2, 0.25) is 5.91 Å². The average molecular weight is 998 g/mol. The Morgan fingerprint density at radius 3 is 1.48 bits per heavy atom. The molecule has 2 fully saturated rings. The van der Waals surface area contributed by atoms with Gasteiger partial charge in [-0.3, -0.25) is 9.35 Å². The highest BCUT2D eigenvalue weighted by atomic mass is 32.3. The molecule has 0 aliphatic carbocycles. The fraction of sp³-hybridized carbons (Fsp3) is 0.280. The van der Waals surface area contributed by atoms with Crippen LogP contribution in [0.5, 0.6) is 0 Å². The average Bonchev–Trinajstić information content (AvgIpc) is 3.38. The molecule has 2 aliphatic heterocycles. The summed E-state index contributed by atoms with van der Waals surface area (Å²) < 4.78 is 95.1. The van der Waals surface area contributed by atoms with Crippen LogP contribution in [0.4, 0.5) is 0 Å². The molecule has 5 aromatic rings. The van der Waals surface area contributed by atoms with E-state index in [9.17, 15) is 41.7 Å². The van der Waals surface area contributed by atoms with E-state index >= 15 is 0 Å². The Kier molecular flexibility index (Phi) is 17.4. The molecule has 21 heteroatoms. The first-order chi connectivity index (χ1) is 34.2. The predicted molar refractivity (Wildman–Crippen MR) is 243 cm³/mol. The second-order valence-corrected chi connectivity index (χ2v) is 16.8. The highest BCUT2D eigenvalue weighted by Crippen LogP contribution is 2.36. The molecule has 2 heterocycles. The lowest BCUT2D eigenvalue weighted by molar-refractivity contribution is -0.337. The SMILES string of the molecule is COC(=O)[C@H]1O[C@@H](O[C@H]2[C@@H](OS(=O)(=O)O)[C@@H](COC(=O)c3ccccc3)OC(OCc3ccccc3)[C@@H]2NC(C)=O)[C@H](OC(=O)c2ccccc2)[C@@H](OC(=O)c2ccccc2)[C@@H]1OC(=O)c1ccccc1. The van der Waals surface area contributed by atoms with Crippen LogP contribution in [0.25, 0.3) is 0 Å². The molecule has 0 spiro atoms. The van der Waals surface area contributed by atoms with Crippen LogP contribution in [-0.4, -0.2) is 124 Å². The zero-order valence-corrected chi connectivity index (χ0v) is 38.6. The molecule has 71 heavy (non-hydrogen) atoms. The van der Waals surface area contributed by atoms with Gasteiger partial charge < -0.3 is 47.9 Å². The quantitative estimate of drug-likeness (QED) is 0.0698. The number of rotatable bonds is 18. The lowest BCUT2D eigenvalue weighted by atomic mass is 9.94. The van der Waals surface area contributed by atoms with Crippen molar-refractivity contribution in [2.24, 2.45) is 0 Å². The normalized spacial score (nSPS) is 24.0. The van der Waals surface area contributed by atoms with Crippen molar-refractivity contribution >= 4 is 46.2 Å². The summed E-state index contributed by atoms with van der Waals surface area (Å²) in [7, 11) is -4.56. The molecule has 20 nitrogen and oxygen atoms in total. The van der Waals surface area contributed by atoms with Gasteiger partial charge in [-0.1, -0.05) is 103 Å². The monoisotopic (exact) mass is 997 g/mol. The van der Waals surface area contributed by atoms with Crippen LogP contribution in [0, 0.1) is 0 Å². The Morgan fingerprint density at radius 2 is 1.01 bits per heavy atom. The summed E-state index contributed by atoms with van der Waals surface area (Å²) in [6.07, 6.45) is -18.0. The van der Waals surface area contributed by atoms with E-state index in [0.717, 1.165) is 14.0 Å². The van der Waals surface area contributed by atoms with E-state index in [2.05, 4.69) is 5.32 Å². The van der Waals surface area contributed by atoms with E-state index in [0.29, 0.717) is 5.56 Å². The van der Waals surface area contributed by atoms with Gasteiger partial charge >= 0.3 is 40.2 Å². The molecular formula is C50H47NO19S. The lowest BCUT2D eigenvalue weighted by Crippen LogP contribution is -2.69. The molecule has 1 amide bonds. The molecule has 1 unspecified atom stereocenters. The van der Waals surface area contributed by atoms with Crippen LogP contribution in [0.2, 0.25) is 0 Å². The fourth-order valence-corrected chi connectivity index (χ4v) is 8.14. The molecule has 2 saturated heterocycles. The number of carbonyl (C=O) groups excluding carboxylic acids is 6. The summed E-state index contributed by atoms with van der Waals surface area (Å²) in [6.45, 7) is 0.0723. The third-order valence-electron chi connectivity index (χ3n) is 10.9. The Balaban J connectivity index is 1.37. The number of methoxy groups -OCH3 is 1. The predicted octanol–water partition coefficient (Wildman–Crippen LogP) is 4.44. The Bertz CT molecular complexity index is 2720. The molecule has 2 N–H and O–H groups in total. The number of hydrogen-bond acceptors (Lipinski definition) is 18. The maximum Gasteiger partial charge on any atom is 0.397 e. The van der Waals surface area contributed by atoms with E-state index in [1.165, 1.54) is 84.9 Å². The number of amides is 1. The van der Waals surface area contributed by atoms with E-state index in [1.807, 2.05) is 0 Å². The summed E-state index contributed by atoms with van der Waals surface area (Å²) in [5.41, 5.74) is 0.559. The zero-order valence-electron chi connectivity index (χ0n) is 37.8. The largest absolute Gasteiger partial charge is 0.467 e. The van der Waals surface area contributed by atoms with Crippen molar-refractivity contribution in [3.63, 3.8) is 0 Å². The van der Waals surface area contributed by atoms with Crippen LogP contribution in [-0.2, 0) is 73.4 Å². The molecule has 0 aromatic heterocycles. The molecule has 0 saturated carbocycles. The lowest BCUT2D eigenvalue weighted by Gasteiger charge is -2.49. The third-order valence-corrected chi connectivity index (χ3v) is 11.3. The summed E-state index contributed by atoms with van der Waals surface area (Å²) >= 11 is 0. The first kappa shape index (κ1) is 51.5. The first-order valence-corrected chi connectivity index (χ1v) is 23.2. The van der Waals surface area contributed by atoms with Crippen molar-refractivity contribution in [3.8, 4) is 0 Å². The number of ether oxygens (including phenoxy) is 9. The Hall–Kier alpha value is -7.37. The summed E-state index contributed by atoms with van der Waals surface area (Å²) in [4.78, 5) is 82.5. The minimum atomic E-state index is -5.53. The Labute approximate surface area is 406 Å². The smallest absolute Gasteiger partial charge is 0.397 e. The topological polar surface area (TPSA) is 261 Å². The van der Waals surface area contributed by atoms with Crippen LogP contribution >= 0.6 is 0 Å². The molecule has 0 radical (unpaired) electrons. The van der Waals surface area contributed by atoms with Crippen molar-refractivity contribution in [1.82, 2.24) is 5.32 Å². The summed E-state index contributed by atoms with van der Waals surface area (Å²) in [5.74, 6) is -6.12. The number of nitrogens with one attached hydrogen (secondary N) is 1. The van der Waals surface area contributed by atoms with Crippen molar-refractivity contribution in [2.75, 3.05) is 13.7 Å². The maximum absolute atomic E-state index is 14.2. The van der Waals surface area contributed by atoms with Gasteiger partial charge in [0.25, 0.3) is 0 Å². The number of hydrogen-bond donors (Lipinski definition) is 2. The van der Waals surface area contributed by atoms with Crippen molar-refractivity contribution in [2.45, 2.75) is 74.9 Å². The fourth-order valence-electron chi connectivity index (χ4n) is 7.62. The standard InChI is InChI=1S/C50H47NO19S/c1-30(52)51-37-39(38(70-71(58,59)60)36(29-62-44(53)32-20-10-4-11-21-32)64-49(37)63-28-31-18-8-3-9-19-31)68-50-43(67-47(56)35-26-16-7-17-27-35)41(66-46(55)34-24-14-6-15-25-34)40(42(69-50)48(57)61-2)65-45(54)33-22-12-5-13-23-33/h3-27,36-43,49-50H,28-29H2,1-2H3,(H,51,52)(H,58,59,60)/t36-,37-,38+,39-,40+,41+,42+,43-,49?,50-/m1/s1. The highest BCUT2D eigenvalue weighted by molar-refractivity contribution is 7.80. The summed E-state index contributed by atoms with van der Waals surface area (Å²) in [6, 6.07) is 37.0. The van der Waals surface area contributed by atoms with Crippen LogP contribution in [0.3, 0.4) is 0 Å². The minimum absolute atomic E-state index is 0.0217. The molecule has 7 rings (SSSR count). The van der Waals surface area contributed by atoms with E-state index in [1.54, 1.807) is 66.7 Å². The maximum atomic E-state index is 14.2. The molecule has 10 atom stereocenters. The van der Waals surface area contributed by atoms with E-state index in [-0.39, 0.29) is 28.9 Å². The van der Waals surface area contributed by atoms with Gasteiger partial charge in [-0.15, -0.1) is 0 Å². The van der Waals surface area contributed by atoms with Crippen molar-refractivity contribution in [3.05, 3.63) is 179 Å². The van der Waals surface area contributed by atoms with Gasteiger partial charge in [0.15, 0.2) is 37.0 Å². The second kappa shape index (κ2) is 24.0. The molecule has 5 aromatic carbocycles. The van der Waals surface area contributed by atoms with Gasteiger partial charge in [-0.2, -0.15) is 8.42 Å². The first-order valence-electron chi connectivity index (χ1n) is 21.8. The third kappa shape index (κ3) is 13.7. The molecule has 0 bridgehead atoms. The second-order valence-electron chi connectivity index (χ2n) is 15.8. The number of esters is 5. The number of carbonyl (C=O) groups is 6. The van der Waals surface area contributed by atoms with E-state index in [4.69, 9.17) is 46.8 Å². The van der Waals surface area contributed by atoms with E-state index < -0.39 is 114 Å². The van der Waals surface area contributed by atoms with Crippen LogP contribution < -0.4 is 5.32 Å². The minimum Gasteiger partial charge on any atom is -0.467 e. The summed E-state index contributed by atoms with van der Waals surface area (Å²) in [5, 5.41) is 2.59. The van der Waals surface area contributed by atoms with Gasteiger partial charge in [0, 0.05) is 6.92 Å². The van der Waals surface area contributed by atoms with Crippen molar-refractivity contribution in [1.29, 1.82) is 0 Å². The van der Waals surface area contributed by atoms with Gasteiger partial charge in [-0.05, 0) is 54.1 Å².